The van der Waals surface area contributed by atoms with E-state index in [1.165, 1.54) is 0 Å². The van der Waals surface area contributed by atoms with Gasteiger partial charge in [-0.05, 0) is 43.5 Å². The van der Waals surface area contributed by atoms with Gasteiger partial charge in [0.2, 0.25) is 10.0 Å². The fraction of sp³-hybridized carbons (Fsp3) is 0.600. The summed E-state index contributed by atoms with van der Waals surface area (Å²) in [6.45, 7) is 2.84. The zero-order valence-corrected chi connectivity index (χ0v) is 13.3. The molecule has 0 saturated heterocycles. The molecule has 0 amide bonds. The molecule has 5 nitrogen and oxygen atoms in total. The minimum Gasteiger partial charge on any atom is -0.492 e. The van der Waals surface area contributed by atoms with Crippen LogP contribution in [0.4, 0.5) is 0 Å². The molecule has 2 rings (SSSR count). The lowest BCUT2D eigenvalue weighted by molar-refractivity contribution is 0.220. The zero-order valence-electron chi connectivity index (χ0n) is 12.5. The first kappa shape index (κ1) is 16.3. The summed E-state index contributed by atoms with van der Waals surface area (Å²) in [5.41, 5.74) is 6.00. The van der Waals surface area contributed by atoms with E-state index < -0.39 is 10.0 Å². The lowest BCUT2D eigenvalue weighted by atomic mass is 10.0. The predicted molar refractivity (Wildman–Crippen MR) is 82.8 cm³/mol. The molecule has 118 valence electrons. The van der Waals surface area contributed by atoms with E-state index in [1.807, 2.05) is 6.92 Å². The molecule has 0 aliphatic heterocycles. The fourth-order valence-corrected chi connectivity index (χ4v) is 3.62. The van der Waals surface area contributed by atoms with Crippen LogP contribution in [0.15, 0.2) is 29.2 Å². The molecule has 0 unspecified atom stereocenters. The molecule has 1 saturated carbocycles. The maximum atomic E-state index is 11.9. The van der Waals surface area contributed by atoms with Gasteiger partial charge in [0.15, 0.2) is 0 Å². The lowest BCUT2D eigenvalue weighted by Gasteiger charge is -2.23. The number of ether oxygens (including phenoxy) is 1. The summed E-state index contributed by atoms with van der Waals surface area (Å²) in [4.78, 5) is 0.256. The average Bonchev–Trinajstić information content (AvgIpc) is 2.91. The number of hydrogen-bond acceptors (Lipinski definition) is 4. The number of nitrogens with one attached hydrogen (secondary N) is 1. The molecule has 0 bridgehead atoms. The fourth-order valence-electron chi connectivity index (χ4n) is 2.49. The second-order valence-electron chi connectivity index (χ2n) is 5.73. The van der Waals surface area contributed by atoms with E-state index in [0.717, 1.165) is 32.1 Å². The van der Waals surface area contributed by atoms with Gasteiger partial charge in [-0.1, -0.05) is 19.8 Å². The predicted octanol–water partition coefficient (Wildman–Crippen LogP) is 2.03. The molecule has 1 aliphatic carbocycles. The Morgan fingerprint density at radius 1 is 1.24 bits per heavy atom. The Hall–Kier alpha value is -1.11. The van der Waals surface area contributed by atoms with Gasteiger partial charge in [-0.2, -0.15) is 0 Å². The van der Waals surface area contributed by atoms with Crippen LogP contribution in [0.1, 0.15) is 39.0 Å². The monoisotopic (exact) mass is 312 g/mol. The standard InChI is InChI=1S/C15H24N2O3S/c1-2-11-17-21(18,19)14-7-5-13(6-8-14)20-12-15(16)9-3-4-10-15/h5-8,17H,2-4,9-12,16H2,1H3. The summed E-state index contributed by atoms with van der Waals surface area (Å²) in [5.74, 6) is 0.654. The van der Waals surface area contributed by atoms with Gasteiger partial charge in [0, 0.05) is 6.54 Å². The molecule has 1 fully saturated rings. The van der Waals surface area contributed by atoms with Crippen molar-refractivity contribution in [3.8, 4) is 5.75 Å². The third-order valence-corrected chi connectivity index (χ3v) is 5.28. The zero-order chi connectivity index (χ0) is 15.3. The van der Waals surface area contributed by atoms with Crippen LogP contribution in [-0.2, 0) is 10.0 Å². The molecule has 1 aromatic rings. The highest BCUT2D eigenvalue weighted by Gasteiger charge is 2.30. The molecule has 0 spiro atoms. The normalized spacial score (nSPS) is 17.8. The number of nitrogens with two attached hydrogens (primary N) is 1. The molecule has 3 N–H and O–H groups in total. The maximum Gasteiger partial charge on any atom is 0.240 e. The van der Waals surface area contributed by atoms with E-state index in [2.05, 4.69) is 4.72 Å². The number of rotatable bonds is 7. The van der Waals surface area contributed by atoms with E-state index in [4.69, 9.17) is 10.5 Å². The minimum atomic E-state index is -3.41. The van der Waals surface area contributed by atoms with Crippen molar-refractivity contribution in [1.29, 1.82) is 0 Å². The third-order valence-electron chi connectivity index (χ3n) is 3.80. The molecule has 1 aromatic carbocycles. The molecule has 0 radical (unpaired) electrons. The van der Waals surface area contributed by atoms with E-state index in [-0.39, 0.29) is 10.4 Å². The summed E-state index contributed by atoms with van der Waals surface area (Å²) in [7, 11) is -3.41. The molecule has 1 aliphatic rings. The van der Waals surface area contributed by atoms with Gasteiger partial charge in [-0.15, -0.1) is 0 Å². The summed E-state index contributed by atoms with van der Waals surface area (Å²) >= 11 is 0. The molecule has 21 heavy (non-hydrogen) atoms. The van der Waals surface area contributed by atoms with Crippen molar-refractivity contribution in [3.05, 3.63) is 24.3 Å². The highest BCUT2D eigenvalue weighted by molar-refractivity contribution is 7.89. The van der Waals surface area contributed by atoms with Crippen molar-refractivity contribution in [2.75, 3.05) is 13.2 Å². The SMILES string of the molecule is CCCNS(=O)(=O)c1ccc(OCC2(N)CCCC2)cc1. The van der Waals surface area contributed by atoms with Crippen LogP contribution in [0.2, 0.25) is 0 Å². The van der Waals surface area contributed by atoms with Crippen LogP contribution in [0.5, 0.6) is 5.75 Å². The Morgan fingerprint density at radius 2 is 1.86 bits per heavy atom. The second kappa shape index (κ2) is 6.77. The second-order valence-corrected chi connectivity index (χ2v) is 7.49. The smallest absolute Gasteiger partial charge is 0.240 e. The van der Waals surface area contributed by atoms with E-state index >= 15 is 0 Å². The Bertz CT molecular complexity index is 549. The van der Waals surface area contributed by atoms with Gasteiger partial charge >= 0.3 is 0 Å². The summed E-state index contributed by atoms with van der Waals surface area (Å²) < 4.78 is 32.1. The first-order chi connectivity index (χ1) is 9.95. The van der Waals surface area contributed by atoms with E-state index in [1.54, 1.807) is 24.3 Å². The number of sulfonamides is 1. The maximum absolute atomic E-state index is 11.9. The summed E-state index contributed by atoms with van der Waals surface area (Å²) in [6, 6.07) is 6.48. The molecule has 6 heteroatoms. The van der Waals surface area contributed by atoms with Crippen molar-refractivity contribution in [2.45, 2.75) is 49.5 Å². The summed E-state index contributed by atoms with van der Waals surface area (Å²) in [5, 5.41) is 0. The van der Waals surface area contributed by atoms with Crippen LogP contribution in [0, 0.1) is 0 Å². The van der Waals surface area contributed by atoms with Crippen molar-refractivity contribution < 1.29 is 13.2 Å². The van der Waals surface area contributed by atoms with Gasteiger partial charge in [-0.3, -0.25) is 0 Å². The highest BCUT2D eigenvalue weighted by Crippen LogP contribution is 2.28. The first-order valence-corrected chi connectivity index (χ1v) is 8.95. The highest BCUT2D eigenvalue weighted by atomic mass is 32.2. The van der Waals surface area contributed by atoms with Crippen LogP contribution >= 0.6 is 0 Å². The molecule has 0 aromatic heterocycles. The van der Waals surface area contributed by atoms with Gasteiger partial charge in [0.25, 0.3) is 0 Å². The average molecular weight is 312 g/mol. The number of hydrogen-bond donors (Lipinski definition) is 2. The van der Waals surface area contributed by atoms with Crippen LogP contribution in [0.25, 0.3) is 0 Å². The quantitative estimate of drug-likeness (QED) is 0.807. The Morgan fingerprint density at radius 3 is 2.43 bits per heavy atom. The Labute approximate surface area is 126 Å². The molecular formula is C15H24N2O3S. The van der Waals surface area contributed by atoms with Gasteiger partial charge in [-0.25, -0.2) is 13.1 Å². The lowest BCUT2D eigenvalue weighted by Crippen LogP contribution is -2.42. The van der Waals surface area contributed by atoms with Gasteiger partial charge < -0.3 is 10.5 Å². The molecule has 0 heterocycles. The third kappa shape index (κ3) is 4.43. The minimum absolute atomic E-state index is 0.229. The van der Waals surface area contributed by atoms with Gasteiger partial charge in [0.1, 0.15) is 12.4 Å². The van der Waals surface area contributed by atoms with Crippen LogP contribution in [0.3, 0.4) is 0 Å². The largest absolute Gasteiger partial charge is 0.492 e. The Balaban J connectivity index is 1.95. The van der Waals surface area contributed by atoms with Gasteiger partial charge in [0.05, 0.1) is 10.4 Å². The Kier molecular flexibility index (Phi) is 5.24. The first-order valence-electron chi connectivity index (χ1n) is 7.47. The van der Waals surface area contributed by atoms with Crippen LogP contribution in [-0.4, -0.2) is 27.1 Å². The summed E-state index contributed by atoms with van der Waals surface area (Å²) in [6.07, 6.45) is 5.04. The molecule has 0 atom stereocenters. The van der Waals surface area contributed by atoms with Crippen molar-refractivity contribution >= 4 is 10.0 Å². The van der Waals surface area contributed by atoms with Crippen LogP contribution < -0.4 is 15.2 Å². The topological polar surface area (TPSA) is 81.4 Å². The van der Waals surface area contributed by atoms with Crippen molar-refractivity contribution in [2.24, 2.45) is 5.73 Å². The van der Waals surface area contributed by atoms with Crippen molar-refractivity contribution in [1.82, 2.24) is 4.72 Å². The van der Waals surface area contributed by atoms with Crippen molar-refractivity contribution in [3.63, 3.8) is 0 Å². The van der Waals surface area contributed by atoms with E-state index in [9.17, 15) is 8.42 Å². The van der Waals surface area contributed by atoms with E-state index in [0.29, 0.717) is 18.9 Å². The molecular weight excluding hydrogens is 288 g/mol. The number of benzene rings is 1.